The van der Waals surface area contributed by atoms with E-state index in [4.69, 9.17) is 9.39 Å². The number of thioether (sulfide) groups is 1. The number of nitrogens with one attached hydrogen (secondary N) is 1. The Labute approximate surface area is 151 Å². The summed E-state index contributed by atoms with van der Waals surface area (Å²) in [5.74, 6) is -0.871. The topological polar surface area (TPSA) is 131 Å². The van der Waals surface area contributed by atoms with Gasteiger partial charge in [0.05, 0.1) is 12.3 Å². The second kappa shape index (κ2) is 7.52. The van der Waals surface area contributed by atoms with E-state index in [1.54, 1.807) is 17.1 Å². The SMILES string of the molecule is COc1ccc2c(c1C(=O)O)OB(O)[C@@H](SC1CN(NS(=O)[O-])C1)C2. The predicted molar refractivity (Wildman–Crippen MR) is 91.1 cm³/mol. The molecule has 1 aromatic carbocycles. The number of rotatable bonds is 6. The molecule has 3 rings (SSSR count). The van der Waals surface area contributed by atoms with Crippen molar-refractivity contribution < 1.29 is 33.1 Å². The first kappa shape index (κ1) is 18.5. The highest BCUT2D eigenvalue weighted by atomic mass is 32.2. The van der Waals surface area contributed by atoms with E-state index < -0.39 is 24.4 Å². The van der Waals surface area contributed by atoms with Crippen molar-refractivity contribution in [2.45, 2.75) is 16.8 Å². The zero-order valence-corrected chi connectivity index (χ0v) is 14.8. The summed E-state index contributed by atoms with van der Waals surface area (Å²) in [7, 11) is 0.218. The molecule has 0 bridgehead atoms. The van der Waals surface area contributed by atoms with Crippen LogP contribution < -0.4 is 14.2 Å². The molecule has 1 aromatic rings. The lowest BCUT2D eigenvalue weighted by Gasteiger charge is -2.41. The molecule has 0 spiro atoms. The van der Waals surface area contributed by atoms with Gasteiger partial charge in [0.15, 0.2) is 0 Å². The standard InChI is InChI=1S/C13H17BN2O7S2/c1-22-9-3-2-7-4-10(14(19)23-12(7)11(9)13(17)18)24-8-5-16(6-8)15-25(20)21/h2-3,8,10,15,19H,4-6H2,1H3,(H,17,18)(H,20,21)/p-1/t10-/m0/s1. The largest absolute Gasteiger partial charge is 0.759 e. The molecule has 2 aliphatic rings. The van der Waals surface area contributed by atoms with E-state index in [9.17, 15) is 23.7 Å². The molecule has 1 unspecified atom stereocenters. The van der Waals surface area contributed by atoms with Crippen molar-refractivity contribution in [2.75, 3.05) is 20.2 Å². The molecular formula is C13H16BN2O7S2-. The van der Waals surface area contributed by atoms with Gasteiger partial charge < -0.3 is 24.1 Å². The number of methoxy groups -OCH3 is 1. The van der Waals surface area contributed by atoms with Crippen LogP contribution in [0.25, 0.3) is 0 Å². The lowest BCUT2D eigenvalue weighted by molar-refractivity contribution is 0.0690. The second-order valence-electron chi connectivity index (χ2n) is 5.68. The van der Waals surface area contributed by atoms with Gasteiger partial charge in [-0.2, -0.15) is 16.6 Å². The Hall–Kier alpha value is -1.31. The van der Waals surface area contributed by atoms with Gasteiger partial charge in [0.1, 0.15) is 17.1 Å². The summed E-state index contributed by atoms with van der Waals surface area (Å²) in [6.07, 6.45) is 0.447. The summed E-state index contributed by atoms with van der Waals surface area (Å²) in [6.45, 7) is 1.05. The van der Waals surface area contributed by atoms with Gasteiger partial charge in [-0.15, -0.1) is 0 Å². The van der Waals surface area contributed by atoms with Crippen molar-refractivity contribution in [2.24, 2.45) is 0 Å². The molecule has 9 nitrogen and oxygen atoms in total. The van der Waals surface area contributed by atoms with Crippen LogP contribution in [0.5, 0.6) is 11.5 Å². The quantitative estimate of drug-likeness (QED) is 0.434. The number of carboxylic acids is 1. The van der Waals surface area contributed by atoms with Gasteiger partial charge in [-0.1, -0.05) is 6.07 Å². The molecule has 2 heterocycles. The Morgan fingerprint density at radius 3 is 2.88 bits per heavy atom. The first-order valence-electron chi connectivity index (χ1n) is 7.43. The highest BCUT2D eigenvalue weighted by Gasteiger charge is 2.41. The Morgan fingerprint density at radius 1 is 1.56 bits per heavy atom. The van der Waals surface area contributed by atoms with Gasteiger partial charge in [0.25, 0.3) is 0 Å². The number of carbonyl (C=O) groups is 1. The molecule has 1 fully saturated rings. The third-order valence-corrected chi connectivity index (χ3v) is 5.87. The number of ether oxygens (including phenoxy) is 1. The number of aromatic carboxylic acids is 1. The monoisotopic (exact) mass is 387 g/mol. The zero-order chi connectivity index (χ0) is 18.1. The number of hydrazine groups is 1. The van der Waals surface area contributed by atoms with Gasteiger partial charge >= 0.3 is 13.1 Å². The first-order valence-corrected chi connectivity index (χ1v) is 9.44. The van der Waals surface area contributed by atoms with Crippen molar-refractivity contribution in [1.29, 1.82) is 0 Å². The van der Waals surface area contributed by atoms with Crippen LogP contribution in [0, 0.1) is 0 Å². The molecule has 0 aliphatic carbocycles. The van der Waals surface area contributed by atoms with Crippen molar-refractivity contribution in [3.63, 3.8) is 0 Å². The van der Waals surface area contributed by atoms with Gasteiger partial charge in [0.2, 0.25) is 0 Å². The minimum absolute atomic E-state index is 0.0977. The summed E-state index contributed by atoms with van der Waals surface area (Å²) in [5, 5.41) is 21.1. The Bertz CT molecular complexity index is 701. The summed E-state index contributed by atoms with van der Waals surface area (Å²) in [4.78, 5) is 13.8. The predicted octanol–water partition coefficient (Wildman–Crippen LogP) is -0.567. The molecule has 1 saturated heterocycles. The fourth-order valence-corrected chi connectivity index (χ4v) is 4.71. The second-order valence-corrected chi connectivity index (χ2v) is 7.87. The van der Waals surface area contributed by atoms with Crippen LogP contribution in [0.4, 0.5) is 0 Å². The van der Waals surface area contributed by atoms with Crippen LogP contribution in [0.15, 0.2) is 12.1 Å². The minimum atomic E-state index is -2.34. The number of fused-ring (bicyclic) bond motifs is 1. The lowest BCUT2D eigenvalue weighted by Crippen LogP contribution is -2.57. The average Bonchev–Trinajstić information content (AvgIpc) is 2.51. The number of carboxylic acid groups (broad SMARTS) is 1. The maximum atomic E-state index is 11.5. The molecule has 0 amide bonds. The number of benzene rings is 1. The Kier molecular flexibility index (Phi) is 5.56. The highest BCUT2D eigenvalue weighted by Crippen LogP contribution is 2.40. The van der Waals surface area contributed by atoms with E-state index in [2.05, 4.69) is 4.83 Å². The molecular weight excluding hydrogens is 371 g/mol. The van der Waals surface area contributed by atoms with E-state index in [1.165, 1.54) is 18.9 Å². The van der Waals surface area contributed by atoms with Crippen molar-refractivity contribution in [1.82, 2.24) is 9.84 Å². The normalized spacial score (nSPS) is 21.9. The molecule has 2 aliphatic heterocycles. The van der Waals surface area contributed by atoms with Gasteiger partial charge in [-0.25, -0.2) is 9.80 Å². The van der Waals surface area contributed by atoms with E-state index in [0.717, 1.165) is 0 Å². The van der Waals surface area contributed by atoms with E-state index in [-0.39, 0.29) is 27.5 Å². The first-order chi connectivity index (χ1) is 11.9. The molecule has 12 heteroatoms. The highest BCUT2D eigenvalue weighted by molar-refractivity contribution is 8.02. The number of hydrogen-bond acceptors (Lipinski definition) is 8. The van der Waals surface area contributed by atoms with Crippen LogP contribution in [0.3, 0.4) is 0 Å². The molecule has 2 atom stereocenters. The van der Waals surface area contributed by atoms with E-state index in [0.29, 0.717) is 25.1 Å². The summed E-state index contributed by atoms with van der Waals surface area (Å²) in [5.41, 5.74) is 0.593. The van der Waals surface area contributed by atoms with Crippen LogP contribution in [0.1, 0.15) is 15.9 Å². The maximum absolute atomic E-state index is 11.5. The fourth-order valence-electron chi connectivity index (χ4n) is 2.86. The molecule has 136 valence electrons. The third kappa shape index (κ3) is 3.94. The third-order valence-electron chi connectivity index (χ3n) is 4.03. The summed E-state index contributed by atoms with van der Waals surface area (Å²) >= 11 is -0.840. The van der Waals surface area contributed by atoms with Crippen molar-refractivity contribution in [3.8, 4) is 11.5 Å². The minimum Gasteiger partial charge on any atom is -0.759 e. The van der Waals surface area contributed by atoms with Crippen molar-refractivity contribution >= 4 is 36.1 Å². The summed E-state index contributed by atoms with van der Waals surface area (Å²) < 4.78 is 31.6. The van der Waals surface area contributed by atoms with E-state index >= 15 is 0 Å². The summed E-state index contributed by atoms with van der Waals surface area (Å²) in [6, 6.07) is 3.30. The maximum Gasteiger partial charge on any atom is 0.536 e. The Balaban J connectivity index is 1.69. The van der Waals surface area contributed by atoms with Gasteiger partial charge in [0, 0.05) is 29.6 Å². The lowest BCUT2D eigenvalue weighted by atomic mass is 9.77. The molecule has 25 heavy (non-hydrogen) atoms. The van der Waals surface area contributed by atoms with Crippen LogP contribution in [-0.4, -0.2) is 67.6 Å². The van der Waals surface area contributed by atoms with Gasteiger partial charge in [-0.05, 0) is 18.1 Å². The number of hydrogen-bond donors (Lipinski definition) is 3. The van der Waals surface area contributed by atoms with E-state index in [1.807, 2.05) is 0 Å². The van der Waals surface area contributed by atoms with Gasteiger partial charge in [-0.3, -0.25) is 4.21 Å². The Morgan fingerprint density at radius 2 is 2.28 bits per heavy atom. The fraction of sp³-hybridized carbons (Fsp3) is 0.462. The van der Waals surface area contributed by atoms with Crippen LogP contribution in [0.2, 0.25) is 0 Å². The van der Waals surface area contributed by atoms with Crippen LogP contribution in [-0.2, 0) is 17.7 Å². The molecule has 3 N–H and O–H groups in total. The number of nitrogens with zero attached hydrogens (tertiary/aromatic N) is 1. The smallest absolute Gasteiger partial charge is 0.536 e. The molecule has 0 aromatic heterocycles. The van der Waals surface area contributed by atoms with Crippen molar-refractivity contribution in [3.05, 3.63) is 23.3 Å². The van der Waals surface area contributed by atoms with Crippen LogP contribution >= 0.6 is 11.8 Å². The molecule has 0 radical (unpaired) electrons. The molecule has 0 saturated carbocycles. The zero-order valence-electron chi connectivity index (χ0n) is 13.2. The average molecular weight is 387 g/mol.